The van der Waals surface area contributed by atoms with Gasteiger partial charge in [-0.25, -0.2) is 4.79 Å². The number of isocyanates is 1. The number of nitrogens with zero attached hydrogens (tertiary/aromatic N) is 1. The number of rotatable bonds is 3. The summed E-state index contributed by atoms with van der Waals surface area (Å²) in [6, 6.07) is 16.7. The Balaban J connectivity index is 2.09. The van der Waals surface area contributed by atoms with Gasteiger partial charge in [-0.15, -0.1) is 0 Å². The molecule has 0 unspecified atom stereocenters. The molecule has 0 saturated heterocycles. The molecule has 0 aliphatic heterocycles. The average molecular weight is 249 g/mol. The summed E-state index contributed by atoms with van der Waals surface area (Å²) in [5, 5.41) is 0. The van der Waals surface area contributed by atoms with E-state index in [1.165, 1.54) is 16.7 Å². The molecule has 1 aliphatic rings. The summed E-state index contributed by atoms with van der Waals surface area (Å²) >= 11 is 0. The van der Waals surface area contributed by atoms with E-state index in [1.807, 2.05) is 18.2 Å². The summed E-state index contributed by atoms with van der Waals surface area (Å²) < 4.78 is 0. The van der Waals surface area contributed by atoms with Crippen LogP contribution >= 0.6 is 0 Å². The smallest absolute Gasteiger partial charge is 0.211 e. The van der Waals surface area contributed by atoms with Crippen LogP contribution in [0.2, 0.25) is 0 Å². The highest BCUT2D eigenvalue weighted by molar-refractivity contribution is 5.68. The molecule has 0 heterocycles. The van der Waals surface area contributed by atoms with Crippen molar-refractivity contribution in [1.29, 1.82) is 0 Å². The second-order valence-electron chi connectivity index (χ2n) is 5.13. The Morgan fingerprint density at radius 3 is 2.47 bits per heavy atom. The zero-order chi connectivity index (χ0) is 13.3. The molecule has 0 radical (unpaired) electrons. The Hall–Kier alpha value is -2.18. The molecule has 19 heavy (non-hydrogen) atoms. The summed E-state index contributed by atoms with van der Waals surface area (Å²) in [7, 11) is 0. The molecule has 2 heteroatoms. The first-order valence-corrected chi connectivity index (χ1v) is 6.51. The van der Waals surface area contributed by atoms with E-state index in [0.717, 1.165) is 18.4 Å². The van der Waals surface area contributed by atoms with Crippen LogP contribution in [0.5, 0.6) is 0 Å². The number of hydrogen-bond donors (Lipinski definition) is 0. The highest BCUT2D eigenvalue weighted by Crippen LogP contribution is 2.50. The standard InChI is InChI=1S/C17H15NO/c1-13-7-8-15(17(9-10-17)18-12-19)11-16(13)14-5-3-2-4-6-14/h2-8,11H,9-10H2,1H3. The van der Waals surface area contributed by atoms with E-state index in [4.69, 9.17) is 0 Å². The van der Waals surface area contributed by atoms with Crippen LogP contribution < -0.4 is 0 Å². The van der Waals surface area contributed by atoms with Gasteiger partial charge in [-0.3, -0.25) is 0 Å². The van der Waals surface area contributed by atoms with Crippen molar-refractivity contribution in [3.8, 4) is 11.1 Å². The van der Waals surface area contributed by atoms with Gasteiger partial charge >= 0.3 is 0 Å². The average Bonchev–Trinajstić information content (AvgIpc) is 3.21. The minimum Gasteiger partial charge on any atom is -0.211 e. The number of carbonyl (C=O) groups excluding carboxylic acids is 1. The number of benzene rings is 2. The van der Waals surface area contributed by atoms with E-state index in [0.29, 0.717) is 0 Å². The van der Waals surface area contributed by atoms with Crippen LogP contribution in [0.15, 0.2) is 53.5 Å². The summed E-state index contributed by atoms with van der Waals surface area (Å²) in [5.41, 5.74) is 4.48. The van der Waals surface area contributed by atoms with Crippen LogP contribution in [0.25, 0.3) is 11.1 Å². The van der Waals surface area contributed by atoms with Gasteiger partial charge in [0.2, 0.25) is 6.08 Å². The molecule has 0 N–H and O–H groups in total. The maximum atomic E-state index is 10.6. The van der Waals surface area contributed by atoms with Gasteiger partial charge < -0.3 is 0 Å². The molecule has 1 aliphatic carbocycles. The van der Waals surface area contributed by atoms with Crippen molar-refractivity contribution in [3.05, 3.63) is 59.7 Å². The Morgan fingerprint density at radius 2 is 1.84 bits per heavy atom. The SMILES string of the molecule is Cc1ccc(C2(N=C=O)CC2)cc1-c1ccccc1. The van der Waals surface area contributed by atoms with E-state index in [-0.39, 0.29) is 5.54 Å². The molecule has 0 spiro atoms. The molecule has 3 rings (SSSR count). The van der Waals surface area contributed by atoms with Gasteiger partial charge in [-0.2, -0.15) is 4.99 Å². The van der Waals surface area contributed by atoms with Gasteiger partial charge in [0.1, 0.15) is 0 Å². The van der Waals surface area contributed by atoms with Gasteiger partial charge in [0.15, 0.2) is 0 Å². The largest absolute Gasteiger partial charge is 0.235 e. The predicted molar refractivity (Wildman–Crippen MR) is 75.6 cm³/mol. The van der Waals surface area contributed by atoms with Crippen molar-refractivity contribution in [1.82, 2.24) is 0 Å². The summed E-state index contributed by atoms with van der Waals surface area (Å²) in [6.07, 6.45) is 3.61. The third-order valence-corrected chi connectivity index (χ3v) is 3.84. The Morgan fingerprint density at radius 1 is 1.11 bits per heavy atom. The molecule has 2 aromatic carbocycles. The van der Waals surface area contributed by atoms with Crippen LogP contribution in [0.1, 0.15) is 24.0 Å². The van der Waals surface area contributed by atoms with Crippen LogP contribution in [-0.4, -0.2) is 6.08 Å². The molecule has 0 atom stereocenters. The fraction of sp³-hybridized carbons (Fsp3) is 0.235. The number of aliphatic imine (C=N–C) groups is 1. The van der Waals surface area contributed by atoms with Gasteiger partial charge in [0.25, 0.3) is 0 Å². The first kappa shape index (κ1) is 11.9. The van der Waals surface area contributed by atoms with Crippen LogP contribution in [0, 0.1) is 6.92 Å². The van der Waals surface area contributed by atoms with E-state index >= 15 is 0 Å². The Kier molecular flexibility index (Phi) is 2.81. The molecular weight excluding hydrogens is 234 g/mol. The van der Waals surface area contributed by atoms with E-state index in [9.17, 15) is 4.79 Å². The Labute approximate surface area is 112 Å². The van der Waals surface area contributed by atoms with Gasteiger partial charge in [0.05, 0.1) is 5.54 Å². The van der Waals surface area contributed by atoms with Crippen LogP contribution in [0.4, 0.5) is 0 Å². The van der Waals surface area contributed by atoms with Gasteiger partial charge in [-0.1, -0.05) is 42.5 Å². The van der Waals surface area contributed by atoms with E-state index in [2.05, 4.69) is 42.2 Å². The second-order valence-corrected chi connectivity index (χ2v) is 5.13. The third-order valence-electron chi connectivity index (χ3n) is 3.84. The maximum absolute atomic E-state index is 10.6. The highest BCUT2D eigenvalue weighted by Gasteiger charge is 2.44. The lowest BCUT2D eigenvalue weighted by Crippen LogP contribution is -2.02. The predicted octanol–water partition coefficient (Wildman–Crippen LogP) is 3.99. The third kappa shape index (κ3) is 2.11. The molecular formula is C17H15NO. The first-order valence-electron chi connectivity index (χ1n) is 6.51. The van der Waals surface area contributed by atoms with Crippen molar-refractivity contribution in [3.63, 3.8) is 0 Å². The minimum absolute atomic E-state index is 0.293. The maximum Gasteiger partial charge on any atom is 0.235 e. The summed E-state index contributed by atoms with van der Waals surface area (Å²) in [6.45, 7) is 2.11. The molecule has 2 nitrogen and oxygen atoms in total. The van der Waals surface area contributed by atoms with Gasteiger partial charge in [0, 0.05) is 0 Å². The lowest BCUT2D eigenvalue weighted by molar-refractivity contribution is 0.556. The Bertz CT molecular complexity index is 650. The number of aryl methyl sites for hydroxylation is 1. The quantitative estimate of drug-likeness (QED) is 0.597. The molecule has 1 saturated carbocycles. The number of hydrogen-bond acceptors (Lipinski definition) is 2. The van der Waals surface area contributed by atoms with Crippen molar-refractivity contribution >= 4 is 6.08 Å². The van der Waals surface area contributed by atoms with Crippen molar-refractivity contribution in [2.45, 2.75) is 25.3 Å². The monoisotopic (exact) mass is 249 g/mol. The molecule has 0 bridgehead atoms. The first-order chi connectivity index (χ1) is 9.25. The van der Waals surface area contributed by atoms with E-state index in [1.54, 1.807) is 6.08 Å². The fourth-order valence-corrected chi connectivity index (χ4v) is 2.51. The zero-order valence-electron chi connectivity index (χ0n) is 10.9. The minimum atomic E-state index is -0.293. The molecule has 0 amide bonds. The molecule has 94 valence electrons. The normalized spacial score (nSPS) is 15.6. The van der Waals surface area contributed by atoms with Gasteiger partial charge in [-0.05, 0) is 48.1 Å². The topological polar surface area (TPSA) is 29.4 Å². The molecule has 2 aromatic rings. The van der Waals surface area contributed by atoms with Crippen LogP contribution in [0.3, 0.4) is 0 Å². The van der Waals surface area contributed by atoms with Crippen LogP contribution in [-0.2, 0) is 10.3 Å². The van der Waals surface area contributed by atoms with Crippen molar-refractivity contribution in [2.24, 2.45) is 4.99 Å². The zero-order valence-corrected chi connectivity index (χ0v) is 10.9. The van der Waals surface area contributed by atoms with Crippen molar-refractivity contribution < 1.29 is 4.79 Å². The molecule has 1 fully saturated rings. The van der Waals surface area contributed by atoms with Crippen molar-refractivity contribution in [2.75, 3.05) is 0 Å². The second kappa shape index (κ2) is 4.49. The lowest BCUT2D eigenvalue weighted by Gasteiger charge is -2.13. The summed E-state index contributed by atoms with van der Waals surface area (Å²) in [5.74, 6) is 0. The fourth-order valence-electron chi connectivity index (χ4n) is 2.51. The lowest BCUT2D eigenvalue weighted by atomic mass is 9.95. The summed E-state index contributed by atoms with van der Waals surface area (Å²) in [4.78, 5) is 14.6. The molecule has 0 aromatic heterocycles. The highest BCUT2D eigenvalue weighted by atomic mass is 16.1. The van der Waals surface area contributed by atoms with E-state index < -0.39 is 0 Å².